The number of aliphatic hydroxyl groups is 3. The van der Waals surface area contributed by atoms with Crippen LogP contribution in [0.5, 0.6) is 0 Å². The summed E-state index contributed by atoms with van der Waals surface area (Å²) in [5.41, 5.74) is -0.533. The fourth-order valence-corrected chi connectivity index (χ4v) is 2.68. The van der Waals surface area contributed by atoms with Crippen molar-refractivity contribution in [2.45, 2.75) is 28.6 Å². The van der Waals surface area contributed by atoms with Gasteiger partial charge in [-0.05, 0) is 12.1 Å². The maximum Gasteiger partial charge on any atom is 0.136 e. The van der Waals surface area contributed by atoms with Gasteiger partial charge in [-0.3, -0.25) is 0 Å². The minimum absolute atomic E-state index is 0.288. The second-order valence-corrected chi connectivity index (χ2v) is 4.81. The van der Waals surface area contributed by atoms with Crippen molar-refractivity contribution in [1.29, 1.82) is 0 Å². The van der Waals surface area contributed by atoms with Gasteiger partial charge >= 0.3 is 0 Å². The van der Waals surface area contributed by atoms with Gasteiger partial charge in [0.2, 0.25) is 0 Å². The van der Waals surface area contributed by atoms with Crippen molar-refractivity contribution >= 4 is 11.8 Å². The molecular weight excluding hydrogens is 228 g/mol. The molecule has 88 valence electrons. The number of benzene rings is 1. The monoisotopic (exact) mass is 242 g/mol. The molecule has 1 aromatic rings. The molecule has 0 radical (unpaired) electrons. The minimum atomic E-state index is -1.02. The molecule has 0 amide bonds. The lowest BCUT2D eigenvalue weighted by molar-refractivity contribution is -0.00808. The zero-order chi connectivity index (χ0) is 11.5. The molecule has 0 saturated carbocycles. The van der Waals surface area contributed by atoms with Gasteiger partial charge in [0, 0.05) is 4.90 Å². The molecule has 5 heteroatoms. The number of rotatable bonds is 3. The highest BCUT2D eigenvalue weighted by Gasteiger charge is 2.42. The molecule has 1 heterocycles. The molecule has 3 N–H and O–H groups in total. The quantitative estimate of drug-likeness (QED) is 0.707. The molecule has 0 aromatic heterocycles. The van der Waals surface area contributed by atoms with Gasteiger partial charge in [0.25, 0.3) is 0 Å². The van der Waals surface area contributed by atoms with Crippen molar-refractivity contribution in [2.24, 2.45) is 0 Å². The van der Waals surface area contributed by atoms with Crippen molar-refractivity contribution in [2.75, 3.05) is 6.61 Å². The van der Waals surface area contributed by atoms with Gasteiger partial charge in [-0.15, -0.1) is 0 Å². The van der Waals surface area contributed by atoms with Gasteiger partial charge in [-0.1, -0.05) is 30.0 Å². The predicted molar refractivity (Wildman–Crippen MR) is 60.1 cm³/mol. The number of hydrogen-bond acceptors (Lipinski definition) is 5. The van der Waals surface area contributed by atoms with Gasteiger partial charge in [-0.25, -0.2) is 0 Å². The van der Waals surface area contributed by atoms with Crippen molar-refractivity contribution in [3.63, 3.8) is 0 Å². The van der Waals surface area contributed by atoms with Crippen LogP contribution in [0.25, 0.3) is 0 Å². The van der Waals surface area contributed by atoms with Gasteiger partial charge in [0.05, 0.1) is 6.61 Å². The highest BCUT2D eigenvalue weighted by Crippen LogP contribution is 2.33. The molecule has 1 fully saturated rings. The molecule has 0 bridgehead atoms. The van der Waals surface area contributed by atoms with Crippen molar-refractivity contribution in [3.8, 4) is 0 Å². The lowest BCUT2D eigenvalue weighted by atomic mass is 10.2. The van der Waals surface area contributed by atoms with Gasteiger partial charge in [0.1, 0.15) is 23.7 Å². The largest absolute Gasteiger partial charge is 0.394 e. The molecule has 4 atom stereocenters. The smallest absolute Gasteiger partial charge is 0.136 e. The molecule has 4 unspecified atom stereocenters. The highest BCUT2D eigenvalue weighted by atomic mass is 32.2. The zero-order valence-electron chi connectivity index (χ0n) is 8.56. The maximum absolute atomic E-state index is 9.71. The van der Waals surface area contributed by atoms with Crippen LogP contribution < -0.4 is 0 Å². The maximum atomic E-state index is 9.71. The second-order valence-electron chi connectivity index (χ2n) is 3.64. The highest BCUT2D eigenvalue weighted by molar-refractivity contribution is 7.99. The number of ether oxygens (including phenoxy) is 1. The van der Waals surface area contributed by atoms with Crippen LogP contribution in [0.3, 0.4) is 0 Å². The third-order valence-corrected chi connectivity index (χ3v) is 3.66. The van der Waals surface area contributed by atoms with E-state index in [1.165, 1.54) is 11.8 Å². The summed E-state index contributed by atoms with van der Waals surface area (Å²) in [4.78, 5) is 0.956. The Morgan fingerprint density at radius 1 is 1.12 bits per heavy atom. The normalized spacial score (nSPS) is 34.2. The molecule has 1 aliphatic rings. The first kappa shape index (κ1) is 11.9. The molecule has 1 saturated heterocycles. The Morgan fingerprint density at radius 2 is 1.81 bits per heavy atom. The Morgan fingerprint density at radius 3 is 2.38 bits per heavy atom. The zero-order valence-corrected chi connectivity index (χ0v) is 9.38. The first-order chi connectivity index (χ1) is 7.72. The van der Waals surface area contributed by atoms with Crippen LogP contribution in [0, 0.1) is 0 Å². The van der Waals surface area contributed by atoms with Crippen LogP contribution in [0.2, 0.25) is 0 Å². The lowest BCUT2D eigenvalue weighted by Gasteiger charge is -2.13. The van der Waals surface area contributed by atoms with E-state index in [9.17, 15) is 10.2 Å². The van der Waals surface area contributed by atoms with Crippen LogP contribution in [0.4, 0.5) is 0 Å². The molecule has 16 heavy (non-hydrogen) atoms. The van der Waals surface area contributed by atoms with E-state index >= 15 is 0 Å². The van der Waals surface area contributed by atoms with E-state index in [1.807, 2.05) is 30.3 Å². The molecule has 1 aliphatic heterocycles. The number of aliphatic hydroxyl groups excluding tert-OH is 3. The van der Waals surface area contributed by atoms with Gasteiger partial charge in [-0.2, -0.15) is 0 Å². The summed E-state index contributed by atoms with van der Waals surface area (Å²) >= 11 is 1.34. The van der Waals surface area contributed by atoms with Crippen molar-refractivity contribution < 1.29 is 20.1 Å². The van der Waals surface area contributed by atoms with E-state index in [4.69, 9.17) is 9.84 Å². The van der Waals surface area contributed by atoms with E-state index < -0.39 is 23.7 Å². The Labute approximate surface area is 97.9 Å². The van der Waals surface area contributed by atoms with E-state index in [2.05, 4.69) is 0 Å². The van der Waals surface area contributed by atoms with Gasteiger partial charge < -0.3 is 20.1 Å². The minimum Gasteiger partial charge on any atom is -0.394 e. The average Bonchev–Trinajstić information content (AvgIpc) is 2.58. The topological polar surface area (TPSA) is 69.9 Å². The van der Waals surface area contributed by atoms with Crippen LogP contribution >= 0.6 is 11.8 Å². The van der Waals surface area contributed by atoms with Crippen molar-refractivity contribution in [3.05, 3.63) is 30.3 Å². The molecule has 0 aliphatic carbocycles. The predicted octanol–water partition coefficient (Wildman–Crippen LogP) is 0.218. The lowest BCUT2D eigenvalue weighted by Crippen LogP contribution is -2.33. The number of hydrogen-bond donors (Lipinski definition) is 3. The summed E-state index contributed by atoms with van der Waals surface area (Å²) in [6.45, 7) is -0.288. The molecule has 2 rings (SSSR count). The average molecular weight is 242 g/mol. The van der Waals surface area contributed by atoms with Crippen LogP contribution in [-0.2, 0) is 4.74 Å². The summed E-state index contributed by atoms with van der Waals surface area (Å²) in [5.74, 6) is 0. The van der Waals surface area contributed by atoms with Crippen LogP contribution in [-0.4, -0.2) is 45.7 Å². The van der Waals surface area contributed by atoms with E-state index in [-0.39, 0.29) is 6.61 Å². The Balaban J connectivity index is 2.01. The van der Waals surface area contributed by atoms with Gasteiger partial charge in [0.15, 0.2) is 0 Å². The van der Waals surface area contributed by atoms with E-state index in [0.29, 0.717) is 0 Å². The summed E-state index contributed by atoms with van der Waals surface area (Å²) in [6.07, 6.45) is -2.69. The summed E-state index contributed by atoms with van der Waals surface area (Å²) in [5, 5.41) is 28.2. The summed E-state index contributed by atoms with van der Waals surface area (Å²) in [7, 11) is 0. The SMILES string of the molecule is OCC1OC(Sc2ccccc2)C(O)C1O. The van der Waals surface area contributed by atoms with Crippen molar-refractivity contribution in [1.82, 2.24) is 0 Å². The molecule has 1 aromatic carbocycles. The second kappa shape index (κ2) is 5.16. The third-order valence-electron chi connectivity index (χ3n) is 2.49. The van der Waals surface area contributed by atoms with E-state index in [0.717, 1.165) is 4.90 Å². The molecule has 0 spiro atoms. The third kappa shape index (κ3) is 2.39. The van der Waals surface area contributed by atoms with Crippen LogP contribution in [0.1, 0.15) is 0 Å². The van der Waals surface area contributed by atoms with E-state index in [1.54, 1.807) is 0 Å². The first-order valence-corrected chi connectivity index (χ1v) is 5.94. The fourth-order valence-electron chi connectivity index (χ4n) is 1.60. The molecule has 4 nitrogen and oxygen atoms in total. The fraction of sp³-hybridized carbons (Fsp3) is 0.455. The summed E-state index contributed by atoms with van der Waals surface area (Å²) in [6, 6.07) is 9.49. The Hall–Kier alpha value is -0.590. The summed E-state index contributed by atoms with van der Waals surface area (Å²) < 4.78 is 5.35. The Bertz CT molecular complexity index is 332. The first-order valence-electron chi connectivity index (χ1n) is 5.06. The molecular formula is C11H14O4S. The Kier molecular flexibility index (Phi) is 3.83. The standard InChI is InChI=1S/C11H14O4S/c12-6-8-9(13)10(14)11(15-8)16-7-4-2-1-3-5-7/h1-5,8-14H,6H2. The van der Waals surface area contributed by atoms with Crippen LogP contribution in [0.15, 0.2) is 35.2 Å². The number of thioether (sulfide) groups is 1.